The molecule has 0 aliphatic heterocycles. The first-order chi connectivity index (χ1) is 31.1. The third-order valence-electron chi connectivity index (χ3n) is 10.7. The number of hydrogen-bond acceptors (Lipinski definition) is 6. The van der Waals surface area contributed by atoms with E-state index < -0.39 is 18.1 Å². The summed E-state index contributed by atoms with van der Waals surface area (Å²) in [6, 6.07) is -0.630. The van der Waals surface area contributed by atoms with Crippen molar-refractivity contribution in [2.24, 2.45) is 0 Å². The summed E-state index contributed by atoms with van der Waals surface area (Å²) in [5.74, 6) is -1.56. The molecule has 0 radical (unpaired) electrons. The Bertz CT molecular complexity index is 1360. The molecule has 2 unspecified atom stereocenters. The highest BCUT2D eigenvalue weighted by Crippen LogP contribution is 2.14. The average Bonchev–Trinajstić information content (AvgIpc) is 3.26. The van der Waals surface area contributed by atoms with Gasteiger partial charge in [-0.2, -0.15) is 0 Å². The zero-order valence-electron chi connectivity index (χ0n) is 41.4. The first kappa shape index (κ1) is 60.2. The first-order valence-electron chi connectivity index (χ1n) is 25.3. The lowest BCUT2D eigenvalue weighted by molar-refractivity contribution is -0.887. The molecule has 0 amide bonds. The molecule has 0 heterocycles. The highest BCUT2D eigenvalue weighted by atomic mass is 16.6. The highest BCUT2D eigenvalue weighted by Gasteiger charge is 2.31. The Morgan fingerprint density at radius 1 is 0.500 bits per heavy atom. The van der Waals surface area contributed by atoms with Gasteiger partial charge in [-0.3, -0.25) is 9.59 Å². The first-order valence-corrected chi connectivity index (χ1v) is 25.3. The van der Waals surface area contributed by atoms with Crippen molar-refractivity contribution in [3.63, 3.8) is 0 Å². The lowest BCUT2D eigenvalue weighted by Gasteiger charge is -2.31. The van der Waals surface area contributed by atoms with E-state index in [1.165, 1.54) is 77.0 Å². The highest BCUT2D eigenvalue weighted by molar-refractivity contribution is 5.72. The molecule has 0 saturated carbocycles. The Morgan fingerprint density at radius 2 is 0.938 bits per heavy atom. The van der Waals surface area contributed by atoms with Gasteiger partial charge in [-0.1, -0.05) is 182 Å². The number of nitrogens with zero attached hydrogens (tertiary/aromatic N) is 1. The van der Waals surface area contributed by atoms with Gasteiger partial charge in [0.2, 0.25) is 0 Å². The summed E-state index contributed by atoms with van der Waals surface area (Å²) in [7, 11) is 5.51. The summed E-state index contributed by atoms with van der Waals surface area (Å²) in [4.78, 5) is 37.1. The van der Waals surface area contributed by atoms with Gasteiger partial charge in [-0.05, 0) is 83.5 Å². The van der Waals surface area contributed by atoms with Crippen LogP contribution in [-0.2, 0) is 28.6 Å². The molecule has 0 saturated heterocycles. The van der Waals surface area contributed by atoms with Crippen LogP contribution in [0.5, 0.6) is 0 Å². The fraction of sp³-hybridized carbons (Fsp3) is 0.661. The van der Waals surface area contributed by atoms with Gasteiger partial charge in [-0.25, -0.2) is 4.79 Å². The molecule has 64 heavy (non-hydrogen) atoms. The molecule has 0 aromatic heterocycles. The molecule has 0 spiro atoms. The summed E-state index contributed by atoms with van der Waals surface area (Å²) in [6.45, 7) is 4.54. The molecule has 364 valence electrons. The molecular formula is C56H94NO7+. The van der Waals surface area contributed by atoms with E-state index in [-0.39, 0.29) is 42.7 Å². The van der Waals surface area contributed by atoms with Gasteiger partial charge < -0.3 is 23.8 Å². The van der Waals surface area contributed by atoms with Gasteiger partial charge in [0.05, 0.1) is 34.4 Å². The van der Waals surface area contributed by atoms with Crippen LogP contribution in [0, 0.1) is 0 Å². The normalized spacial score (nSPS) is 13.7. The van der Waals surface area contributed by atoms with Crippen LogP contribution in [0.1, 0.15) is 187 Å². The maximum atomic E-state index is 12.8. The fourth-order valence-corrected chi connectivity index (χ4v) is 6.86. The Labute approximate surface area is 392 Å². The van der Waals surface area contributed by atoms with Gasteiger partial charge in [-0.15, -0.1) is 0 Å². The van der Waals surface area contributed by atoms with E-state index in [4.69, 9.17) is 14.2 Å². The molecule has 8 heteroatoms. The van der Waals surface area contributed by atoms with Crippen molar-refractivity contribution in [1.29, 1.82) is 0 Å². The molecule has 0 aromatic rings. The zero-order valence-corrected chi connectivity index (χ0v) is 41.4. The number of carbonyl (C=O) groups excluding carboxylic acids is 2. The number of quaternary nitrogens is 1. The van der Waals surface area contributed by atoms with E-state index in [0.29, 0.717) is 19.3 Å². The second-order valence-corrected chi connectivity index (χ2v) is 17.7. The van der Waals surface area contributed by atoms with Crippen LogP contribution in [0.15, 0.2) is 97.2 Å². The molecule has 1 N–H and O–H groups in total. The quantitative estimate of drug-likeness (QED) is 0.0214. The molecule has 0 bridgehead atoms. The predicted molar refractivity (Wildman–Crippen MR) is 270 cm³/mol. The van der Waals surface area contributed by atoms with E-state index in [0.717, 1.165) is 70.6 Å². The van der Waals surface area contributed by atoms with Crippen molar-refractivity contribution in [2.45, 2.75) is 199 Å². The average molecular weight is 893 g/mol. The van der Waals surface area contributed by atoms with Crippen molar-refractivity contribution in [1.82, 2.24) is 0 Å². The molecule has 0 aliphatic rings. The number of likely N-dealkylation sites (N-methyl/N-ethyl adjacent to an activating group) is 1. The Kier molecular flexibility index (Phi) is 43.1. The van der Waals surface area contributed by atoms with Crippen LogP contribution in [0.25, 0.3) is 0 Å². The largest absolute Gasteiger partial charge is 0.477 e. The van der Waals surface area contributed by atoms with Gasteiger partial charge in [0.15, 0.2) is 12.1 Å². The molecule has 2 atom stereocenters. The number of carboxylic acids is 1. The number of unbranched alkanes of at least 4 members (excludes halogenated alkanes) is 15. The van der Waals surface area contributed by atoms with Crippen molar-refractivity contribution in [3.8, 4) is 0 Å². The van der Waals surface area contributed by atoms with Crippen molar-refractivity contribution < 1.29 is 38.2 Å². The summed E-state index contributed by atoms with van der Waals surface area (Å²) in [5.41, 5.74) is 0. The number of esters is 2. The van der Waals surface area contributed by atoms with E-state index >= 15 is 0 Å². The minimum atomic E-state index is -0.886. The van der Waals surface area contributed by atoms with E-state index in [2.05, 4.69) is 111 Å². The van der Waals surface area contributed by atoms with Crippen LogP contribution in [0.4, 0.5) is 0 Å². The number of aliphatic carboxylic acids is 1. The molecular weight excluding hydrogens is 799 g/mol. The molecule has 0 aromatic carbocycles. The van der Waals surface area contributed by atoms with Crippen molar-refractivity contribution in [3.05, 3.63) is 97.2 Å². The van der Waals surface area contributed by atoms with Crippen LogP contribution in [0.2, 0.25) is 0 Å². The smallest absolute Gasteiger partial charge is 0.362 e. The molecule has 8 nitrogen and oxygen atoms in total. The monoisotopic (exact) mass is 893 g/mol. The summed E-state index contributed by atoms with van der Waals surface area (Å²) >= 11 is 0. The van der Waals surface area contributed by atoms with Crippen molar-refractivity contribution in [2.75, 3.05) is 41.0 Å². The number of carbonyl (C=O) groups is 3. The summed E-state index contributed by atoms with van der Waals surface area (Å²) in [6.07, 6.45) is 61.7. The minimum Gasteiger partial charge on any atom is -0.477 e. The SMILES string of the molecule is CC/C=C/C/C=C/C/C=C/C/C=C/C/C=C/C/C=C/CCCC(=O)OCC(COCCC(C(=O)O)[N+](C)(C)C)OC(=O)CCCCCCCCCCCC/C=C/C=C/CCCCCC. The van der Waals surface area contributed by atoms with Crippen LogP contribution >= 0.6 is 0 Å². The van der Waals surface area contributed by atoms with Gasteiger partial charge >= 0.3 is 17.9 Å². The van der Waals surface area contributed by atoms with E-state index in [1.807, 2.05) is 21.1 Å². The van der Waals surface area contributed by atoms with Crippen LogP contribution in [0.3, 0.4) is 0 Å². The maximum absolute atomic E-state index is 12.8. The van der Waals surface area contributed by atoms with Gasteiger partial charge in [0.25, 0.3) is 0 Å². The lowest BCUT2D eigenvalue weighted by Crippen LogP contribution is -2.50. The Morgan fingerprint density at radius 3 is 1.42 bits per heavy atom. The Hall–Kier alpha value is -3.75. The third-order valence-corrected chi connectivity index (χ3v) is 10.7. The number of carboxylic acid groups (broad SMARTS) is 1. The third kappa shape index (κ3) is 43.5. The number of hydrogen-bond donors (Lipinski definition) is 1. The standard InChI is InChI=1S/C56H93NO7/c1-6-8-10-12-14-16-18-20-22-24-26-28-30-32-34-36-38-40-42-44-46-54(58)63-51-52(50-62-49-48-53(56(60)61)57(3,4)5)64-55(59)47-45-43-41-39-37-35-33-31-29-27-25-23-21-19-17-15-13-11-9-7-2/h8,10,14,16-17,19-23,26,28,32,34,38,40,52-53H,6-7,9,11-13,15,18,24-25,27,29-31,33,35-37,39,41-51H2,1-5H3/p+1/b10-8+,16-14+,19-17+,22-20+,23-21+,28-26+,34-32+,40-38+. The summed E-state index contributed by atoms with van der Waals surface area (Å²) in [5, 5.41) is 9.65. The van der Waals surface area contributed by atoms with Gasteiger partial charge in [0, 0.05) is 19.3 Å². The minimum absolute atomic E-state index is 0.0361. The molecule has 0 aliphatic carbocycles. The van der Waals surface area contributed by atoms with E-state index in [9.17, 15) is 19.5 Å². The van der Waals surface area contributed by atoms with Crippen LogP contribution < -0.4 is 0 Å². The number of ether oxygens (including phenoxy) is 3. The van der Waals surface area contributed by atoms with Crippen LogP contribution in [-0.4, -0.2) is 80.6 Å². The topological polar surface area (TPSA) is 99.1 Å². The molecule has 0 rings (SSSR count). The number of allylic oxidation sites excluding steroid dienone is 16. The maximum Gasteiger partial charge on any atom is 0.362 e. The number of rotatable bonds is 44. The van der Waals surface area contributed by atoms with Gasteiger partial charge in [0.1, 0.15) is 6.61 Å². The van der Waals surface area contributed by atoms with Crippen molar-refractivity contribution >= 4 is 17.9 Å². The predicted octanol–water partition coefficient (Wildman–Crippen LogP) is 14.6. The summed E-state index contributed by atoms with van der Waals surface area (Å²) < 4.78 is 17.3. The zero-order chi connectivity index (χ0) is 47.0. The second-order valence-electron chi connectivity index (χ2n) is 17.7. The fourth-order valence-electron chi connectivity index (χ4n) is 6.86. The second kappa shape index (κ2) is 45.8. The lowest BCUT2D eigenvalue weighted by atomic mass is 10.1. The van der Waals surface area contributed by atoms with E-state index in [1.54, 1.807) is 0 Å². The Balaban J connectivity index is 4.38. The molecule has 0 fully saturated rings.